The van der Waals surface area contributed by atoms with E-state index in [0.29, 0.717) is 19.4 Å². The number of nitriles is 1. The summed E-state index contributed by atoms with van der Waals surface area (Å²) in [4.78, 5) is 29.3. The number of carbonyl (C=O) groups excluding carboxylic acids is 2. The molecule has 1 N–H and O–H groups in total. The van der Waals surface area contributed by atoms with Gasteiger partial charge in [-0.2, -0.15) is 5.26 Å². The van der Waals surface area contributed by atoms with Gasteiger partial charge in [0.2, 0.25) is 5.91 Å². The second-order valence-electron chi connectivity index (χ2n) is 8.74. The van der Waals surface area contributed by atoms with Crippen LogP contribution in [0.4, 0.5) is 5.69 Å². The Kier molecular flexibility index (Phi) is 3.67. The van der Waals surface area contributed by atoms with Crippen LogP contribution in [0.1, 0.15) is 38.2 Å². The van der Waals surface area contributed by atoms with Gasteiger partial charge in [-0.15, -0.1) is 0 Å². The summed E-state index contributed by atoms with van der Waals surface area (Å²) >= 11 is 0. The van der Waals surface area contributed by atoms with Crippen molar-refractivity contribution in [2.75, 3.05) is 19.0 Å². The van der Waals surface area contributed by atoms with Crippen LogP contribution < -0.4 is 5.32 Å². The third-order valence-electron chi connectivity index (χ3n) is 8.04. The summed E-state index contributed by atoms with van der Waals surface area (Å²) < 4.78 is 5.40. The molecule has 146 valence electrons. The fourth-order valence-electron chi connectivity index (χ4n) is 7.14. The van der Waals surface area contributed by atoms with Gasteiger partial charge < -0.3 is 10.1 Å². The van der Waals surface area contributed by atoms with Crippen molar-refractivity contribution in [2.24, 2.45) is 17.3 Å². The second-order valence-corrected chi connectivity index (χ2v) is 8.74. The van der Waals surface area contributed by atoms with E-state index in [1.165, 1.54) is 7.11 Å². The highest BCUT2D eigenvalue weighted by Crippen LogP contribution is 2.67. The monoisotopic (exact) mass is 379 g/mol. The van der Waals surface area contributed by atoms with Gasteiger partial charge in [-0.25, -0.2) is 0 Å². The van der Waals surface area contributed by atoms with Crippen LogP contribution in [0.15, 0.2) is 24.3 Å². The van der Waals surface area contributed by atoms with Crippen LogP contribution in [-0.2, 0) is 19.7 Å². The third kappa shape index (κ3) is 1.77. The fourth-order valence-corrected chi connectivity index (χ4v) is 7.14. The number of nitrogens with one attached hydrogen (secondary N) is 1. The quantitative estimate of drug-likeness (QED) is 0.798. The van der Waals surface area contributed by atoms with Crippen LogP contribution in [0.5, 0.6) is 0 Å². The van der Waals surface area contributed by atoms with Gasteiger partial charge in [-0.1, -0.05) is 31.5 Å². The maximum atomic E-state index is 13.6. The molecule has 1 aliphatic carbocycles. The molecular weight excluding hydrogens is 354 g/mol. The van der Waals surface area contributed by atoms with Crippen molar-refractivity contribution in [1.29, 1.82) is 5.26 Å². The van der Waals surface area contributed by atoms with E-state index in [1.807, 2.05) is 24.3 Å². The van der Waals surface area contributed by atoms with Gasteiger partial charge in [0.25, 0.3) is 0 Å². The molecule has 6 rings (SSSR count). The predicted molar refractivity (Wildman–Crippen MR) is 102 cm³/mol. The Morgan fingerprint density at radius 1 is 1.43 bits per heavy atom. The number of hydrogen-bond donors (Lipinski definition) is 1. The minimum Gasteiger partial charge on any atom is -0.469 e. The average molecular weight is 379 g/mol. The summed E-state index contributed by atoms with van der Waals surface area (Å²) in [6.07, 6.45) is 2.93. The first-order valence-corrected chi connectivity index (χ1v) is 10.2. The number of methoxy groups -OCH3 is 1. The number of carbonyl (C=O) groups is 2. The molecule has 0 aromatic heterocycles. The first-order chi connectivity index (χ1) is 13.5. The van der Waals surface area contributed by atoms with Gasteiger partial charge in [-0.3, -0.25) is 14.5 Å². The number of anilines is 1. The molecule has 28 heavy (non-hydrogen) atoms. The lowest BCUT2D eigenvalue weighted by Crippen LogP contribution is -2.78. The Bertz CT molecular complexity index is 909. The van der Waals surface area contributed by atoms with E-state index in [0.717, 1.165) is 24.1 Å². The lowest BCUT2D eigenvalue weighted by Gasteiger charge is -2.67. The molecule has 6 nitrogen and oxygen atoms in total. The summed E-state index contributed by atoms with van der Waals surface area (Å²) in [5.74, 6) is -0.0276. The molecule has 1 saturated carbocycles. The lowest BCUT2D eigenvalue weighted by molar-refractivity contribution is -0.210. The van der Waals surface area contributed by atoms with Crippen LogP contribution in [0.3, 0.4) is 0 Å². The maximum Gasteiger partial charge on any atom is 0.314 e. The van der Waals surface area contributed by atoms with Gasteiger partial charge in [0.05, 0.1) is 18.6 Å². The normalized spacial score (nSPS) is 42.6. The number of ether oxygens (including phenoxy) is 1. The van der Waals surface area contributed by atoms with E-state index in [2.05, 4.69) is 23.2 Å². The van der Waals surface area contributed by atoms with Gasteiger partial charge in [-0.05, 0) is 42.7 Å². The minimum absolute atomic E-state index is 0.0804. The topological polar surface area (TPSA) is 82.4 Å². The lowest BCUT2D eigenvalue weighted by atomic mass is 9.43. The van der Waals surface area contributed by atoms with Crippen LogP contribution in [-0.4, -0.2) is 42.5 Å². The molecule has 7 unspecified atom stereocenters. The summed E-state index contributed by atoms with van der Waals surface area (Å²) in [6, 6.07) is 9.91. The average Bonchev–Trinajstić information content (AvgIpc) is 3.02. The van der Waals surface area contributed by atoms with E-state index in [9.17, 15) is 14.9 Å². The third-order valence-corrected chi connectivity index (χ3v) is 8.04. The largest absolute Gasteiger partial charge is 0.469 e. The molecule has 1 amide bonds. The van der Waals surface area contributed by atoms with Crippen molar-refractivity contribution < 1.29 is 14.3 Å². The Labute approximate surface area is 164 Å². The highest BCUT2D eigenvalue weighted by atomic mass is 16.5. The predicted octanol–water partition coefficient (Wildman–Crippen LogP) is 2.45. The van der Waals surface area contributed by atoms with Crippen LogP contribution >= 0.6 is 0 Å². The minimum atomic E-state index is -0.951. The van der Waals surface area contributed by atoms with E-state index in [1.54, 1.807) is 0 Å². The number of rotatable bonds is 2. The summed E-state index contributed by atoms with van der Waals surface area (Å²) in [7, 11) is 1.42. The number of para-hydroxylation sites is 1. The molecular formula is C22H25N3O3. The molecule has 4 aliphatic heterocycles. The second kappa shape index (κ2) is 5.81. The van der Waals surface area contributed by atoms with E-state index in [4.69, 9.17) is 4.74 Å². The molecule has 0 radical (unpaired) electrons. The van der Waals surface area contributed by atoms with Gasteiger partial charge in [0.1, 0.15) is 11.5 Å². The standard InChI is InChI=1S/C22H25N3O3/c1-3-13-10-14-11-22(20(27)28-2)18(13)25(17(14)12-23)9-8-21(22)15-6-4-5-7-16(15)24-19(21)26/h4-7,13-14,17-18H,3,8-11H2,1-2H3,(H,24,26). The molecule has 6 heteroatoms. The highest BCUT2D eigenvalue weighted by molar-refractivity contribution is 6.10. The number of hydrogen-bond acceptors (Lipinski definition) is 5. The Morgan fingerprint density at radius 3 is 2.93 bits per heavy atom. The van der Waals surface area contributed by atoms with Crippen molar-refractivity contribution in [3.8, 4) is 6.07 Å². The van der Waals surface area contributed by atoms with Crippen LogP contribution in [0.2, 0.25) is 0 Å². The highest BCUT2D eigenvalue weighted by Gasteiger charge is 2.76. The number of nitrogens with zero attached hydrogens (tertiary/aromatic N) is 2. The fraction of sp³-hybridized carbons (Fsp3) is 0.591. The molecule has 1 spiro atoms. The van der Waals surface area contributed by atoms with Gasteiger partial charge in [0.15, 0.2) is 0 Å². The molecule has 1 aromatic carbocycles. The first kappa shape index (κ1) is 17.7. The van der Waals surface area contributed by atoms with E-state index in [-0.39, 0.29) is 35.8 Å². The summed E-state index contributed by atoms with van der Waals surface area (Å²) in [6.45, 7) is 2.79. The molecule has 4 heterocycles. The number of piperidine rings is 3. The number of esters is 1. The van der Waals surface area contributed by atoms with E-state index >= 15 is 0 Å². The first-order valence-electron chi connectivity index (χ1n) is 10.2. The zero-order chi connectivity index (χ0) is 19.7. The Morgan fingerprint density at radius 2 is 2.21 bits per heavy atom. The summed E-state index contributed by atoms with van der Waals surface area (Å²) in [5, 5.41) is 12.9. The van der Waals surface area contributed by atoms with E-state index < -0.39 is 10.8 Å². The van der Waals surface area contributed by atoms with Crippen molar-refractivity contribution in [3.63, 3.8) is 0 Å². The van der Waals surface area contributed by atoms with Crippen molar-refractivity contribution in [1.82, 2.24) is 4.90 Å². The Balaban J connectivity index is 1.79. The van der Waals surface area contributed by atoms with Crippen LogP contribution in [0.25, 0.3) is 0 Å². The molecule has 4 fully saturated rings. The van der Waals surface area contributed by atoms with Crippen molar-refractivity contribution >= 4 is 17.6 Å². The maximum absolute atomic E-state index is 13.6. The zero-order valence-corrected chi connectivity index (χ0v) is 16.3. The summed E-state index contributed by atoms with van der Waals surface area (Å²) in [5.41, 5.74) is -0.158. The number of amides is 1. The molecule has 1 aromatic rings. The molecule has 5 aliphatic rings. The van der Waals surface area contributed by atoms with Gasteiger partial charge >= 0.3 is 5.97 Å². The molecule has 3 saturated heterocycles. The number of fused-ring (bicyclic) bond motifs is 3. The van der Waals surface area contributed by atoms with Crippen molar-refractivity contribution in [2.45, 2.75) is 50.1 Å². The zero-order valence-electron chi connectivity index (χ0n) is 16.3. The molecule has 4 bridgehead atoms. The SMILES string of the molecule is CCC1CC2CC3(C(=O)OC)C1N(CCC31C(=O)Nc3ccccc31)C2C#N. The van der Waals surface area contributed by atoms with Crippen molar-refractivity contribution in [3.05, 3.63) is 29.8 Å². The smallest absolute Gasteiger partial charge is 0.314 e. The van der Waals surface area contributed by atoms with Gasteiger partial charge in [0, 0.05) is 18.3 Å². The molecule has 7 atom stereocenters. The Hall–Kier alpha value is -2.39. The van der Waals surface area contributed by atoms with Crippen LogP contribution in [0, 0.1) is 28.6 Å². The number of benzene rings is 1.